The van der Waals surface area contributed by atoms with Gasteiger partial charge in [0.05, 0.1) is 12.6 Å². The fraction of sp³-hybridized carbons (Fsp3) is 0.333. The van der Waals surface area contributed by atoms with Crippen LogP contribution in [0.4, 0.5) is 17.6 Å². The maximum Gasteiger partial charge on any atom is 0.258 e. The van der Waals surface area contributed by atoms with E-state index in [-0.39, 0.29) is 35.8 Å². The van der Waals surface area contributed by atoms with Gasteiger partial charge in [-0.25, -0.2) is 22.6 Å². The highest BCUT2D eigenvalue weighted by atomic mass is 19.2. The normalized spacial score (nSPS) is 19.4. The average Bonchev–Trinajstić information content (AvgIpc) is 2.69. The lowest BCUT2D eigenvalue weighted by atomic mass is 9.93. The maximum absolute atomic E-state index is 13.4. The van der Waals surface area contributed by atoms with Crippen LogP contribution in [0, 0.1) is 23.3 Å². The van der Waals surface area contributed by atoms with Crippen molar-refractivity contribution in [2.45, 2.75) is 44.4 Å². The Hall–Kier alpha value is -2.94. The van der Waals surface area contributed by atoms with Gasteiger partial charge in [-0.15, -0.1) is 0 Å². The van der Waals surface area contributed by atoms with Crippen LogP contribution in [0.3, 0.4) is 0 Å². The van der Waals surface area contributed by atoms with E-state index in [1.54, 1.807) is 0 Å². The van der Waals surface area contributed by atoms with Crippen molar-refractivity contribution in [2.75, 3.05) is 0 Å². The highest BCUT2D eigenvalue weighted by Gasteiger charge is 2.21. The van der Waals surface area contributed by atoms with E-state index in [2.05, 4.69) is 15.6 Å². The zero-order valence-corrected chi connectivity index (χ0v) is 16.0. The number of guanidine groups is 1. The second-order valence-electron chi connectivity index (χ2n) is 7.18. The molecule has 30 heavy (non-hydrogen) atoms. The average molecular weight is 423 g/mol. The lowest BCUT2D eigenvalue weighted by molar-refractivity contribution is 0.0972. The van der Waals surface area contributed by atoms with E-state index in [0.717, 1.165) is 36.4 Å². The molecule has 160 valence electrons. The number of aliphatic imine (C=N–C) groups is 1. The van der Waals surface area contributed by atoms with E-state index < -0.39 is 29.2 Å². The number of halogens is 4. The monoisotopic (exact) mass is 423 g/mol. The molecule has 0 spiro atoms. The van der Waals surface area contributed by atoms with Crippen molar-refractivity contribution >= 4 is 11.9 Å². The quantitative estimate of drug-likeness (QED) is 0.401. The van der Waals surface area contributed by atoms with Gasteiger partial charge < -0.3 is 10.4 Å². The van der Waals surface area contributed by atoms with Crippen LogP contribution in [-0.2, 0) is 6.54 Å². The Labute approximate surface area is 170 Å². The number of hydrogen-bond acceptors (Lipinski definition) is 3. The SMILES string of the molecule is O=C(NC(=NCc1cc(F)cc(F)c1)NC1CCC(O)CC1)c1ccc(F)c(F)c1. The van der Waals surface area contributed by atoms with Crippen LogP contribution in [0.15, 0.2) is 41.4 Å². The molecule has 0 aliphatic heterocycles. The molecule has 2 aromatic rings. The Morgan fingerprint density at radius 1 is 0.967 bits per heavy atom. The van der Waals surface area contributed by atoms with Crippen molar-refractivity contribution in [3.05, 3.63) is 70.8 Å². The van der Waals surface area contributed by atoms with E-state index in [0.29, 0.717) is 25.7 Å². The molecule has 1 aliphatic carbocycles. The first-order valence-electron chi connectivity index (χ1n) is 9.50. The number of aliphatic hydroxyl groups excluding tert-OH is 1. The van der Waals surface area contributed by atoms with Crippen LogP contribution in [0.2, 0.25) is 0 Å². The second kappa shape index (κ2) is 9.71. The van der Waals surface area contributed by atoms with Crippen LogP contribution < -0.4 is 10.6 Å². The summed E-state index contributed by atoms with van der Waals surface area (Å²) in [6.45, 7) is -0.121. The molecule has 0 saturated heterocycles. The first-order valence-corrected chi connectivity index (χ1v) is 9.50. The number of carbonyl (C=O) groups is 1. The molecule has 0 unspecified atom stereocenters. The number of amides is 1. The first kappa shape index (κ1) is 21.8. The zero-order valence-electron chi connectivity index (χ0n) is 16.0. The number of nitrogens with one attached hydrogen (secondary N) is 2. The fourth-order valence-corrected chi connectivity index (χ4v) is 3.22. The fourth-order valence-electron chi connectivity index (χ4n) is 3.22. The highest BCUT2D eigenvalue weighted by Crippen LogP contribution is 2.18. The second-order valence-corrected chi connectivity index (χ2v) is 7.18. The predicted molar refractivity (Wildman–Crippen MR) is 103 cm³/mol. The smallest absolute Gasteiger partial charge is 0.258 e. The van der Waals surface area contributed by atoms with Crippen molar-refractivity contribution in [3.63, 3.8) is 0 Å². The van der Waals surface area contributed by atoms with Gasteiger partial charge in [0.15, 0.2) is 17.6 Å². The van der Waals surface area contributed by atoms with E-state index in [9.17, 15) is 27.5 Å². The molecule has 0 aromatic heterocycles. The largest absolute Gasteiger partial charge is 0.393 e. The molecular weight excluding hydrogens is 402 g/mol. The minimum Gasteiger partial charge on any atom is -0.393 e. The third-order valence-electron chi connectivity index (χ3n) is 4.79. The summed E-state index contributed by atoms with van der Waals surface area (Å²) in [6, 6.07) is 5.64. The van der Waals surface area contributed by atoms with Gasteiger partial charge in [0.25, 0.3) is 5.91 Å². The Morgan fingerprint density at radius 3 is 2.27 bits per heavy atom. The van der Waals surface area contributed by atoms with Crippen molar-refractivity contribution < 1.29 is 27.5 Å². The van der Waals surface area contributed by atoms with Crippen molar-refractivity contribution in [1.29, 1.82) is 0 Å². The molecule has 1 saturated carbocycles. The first-order chi connectivity index (χ1) is 14.3. The summed E-state index contributed by atoms with van der Waals surface area (Å²) in [5, 5.41) is 15.2. The van der Waals surface area contributed by atoms with E-state index in [1.807, 2.05) is 0 Å². The summed E-state index contributed by atoms with van der Waals surface area (Å²) >= 11 is 0. The lowest BCUT2D eigenvalue weighted by Gasteiger charge is -2.27. The topological polar surface area (TPSA) is 73.7 Å². The zero-order chi connectivity index (χ0) is 21.7. The van der Waals surface area contributed by atoms with Gasteiger partial charge in [-0.3, -0.25) is 10.1 Å². The number of hydrogen-bond donors (Lipinski definition) is 3. The Morgan fingerprint density at radius 2 is 1.63 bits per heavy atom. The van der Waals surface area contributed by atoms with Crippen LogP contribution in [0.1, 0.15) is 41.6 Å². The molecular formula is C21H21F4N3O2. The van der Waals surface area contributed by atoms with Gasteiger partial charge in [-0.05, 0) is 61.6 Å². The van der Waals surface area contributed by atoms with E-state index >= 15 is 0 Å². The van der Waals surface area contributed by atoms with Crippen LogP contribution in [0.25, 0.3) is 0 Å². The molecule has 0 heterocycles. The summed E-state index contributed by atoms with van der Waals surface area (Å²) in [4.78, 5) is 16.7. The maximum atomic E-state index is 13.4. The third kappa shape index (κ3) is 6.03. The molecule has 5 nitrogen and oxygen atoms in total. The summed E-state index contributed by atoms with van der Waals surface area (Å²) < 4.78 is 53.4. The van der Waals surface area contributed by atoms with Gasteiger partial charge in [-0.1, -0.05) is 0 Å². The van der Waals surface area contributed by atoms with E-state index in [4.69, 9.17) is 0 Å². The molecule has 0 radical (unpaired) electrons. The third-order valence-corrected chi connectivity index (χ3v) is 4.79. The molecule has 2 aromatic carbocycles. The Bertz CT molecular complexity index is 924. The van der Waals surface area contributed by atoms with Gasteiger partial charge in [0.2, 0.25) is 0 Å². The number of aliphatic hydroxyl groups is 1. The van der Waals surface area contributed by atoms with Crippen molar-refractivity contribution in [1.82, 2.24) is 10.6 Å². The predicted octanol–water partition coefficient (Wildman–Crippen LogP) is 3.42. The van der Waals surface area contributed by atoms with Gasteiger partial charge >= 0.3 is 0 Å². The highest BCUT2D eigenvalue weighted by molar-refractivity contribution is 6.05. The standard InChI is InChI=1S/C21H21F4N3O2/c22-14-7-12(8-15(23)10-14)11-26-21(27-16-2-4-17(29)5-3-16)28-20(30)13-1-6-18(24)19(25)9-13/h1,6-10,16-17,29H,2-5,11H2,(H2,26,27,28,30). The number of benzene rings is 2. The molecule has 0 atom stereocenters. The van der Waals surface area contributed by atoms with Crippen molar-refractivity contribution in [3.8, 4) is 0 Å². The molecule has 3 rings (SSSR count). The van der Waals surface area contributed by atoms with Gasteiger partial charge in [-0.2, -0.15) is 0 Å². The number of rotatable bonds is 4. The summed E-state index contributed by atoms with van der Waals surface area (Å²) in [6.07, 6.45) is 2.05. The van der Waals surface area contributed by atoms with E-state index in [1.165, 1.54) is 0 Å². The molecule has 1 aliphatic rings. The van der Waals surface area contributed by atoms with Crippen LogP contribution >= 0.6 is 0 Å². The summed E-state index contributed by atoms with van der Waals surface area (Å²) in [7, 11) is 0. The number of carbonyl (C=O) groups excluding carboxylic acids is 1. The number of nitrogens with zero attached hydrogens (tertiary/aromatic N) is 1. The lowest BCUT2D eigenvalue weighted by Crippen LogP contribution is -2.47. The molecule has 9 heteroatoms. The minimum atomic E-state index is -1.16. The van der Waals surface area contributed by atoms with Gasteiger partial charge in [0.1, 0.15) is 11.6 Å². The van der Waals surface area contributed by atoms with Crippen LogP contribution in [0.5, 0.6) is 0 Å². The van der Waals surface area contributed by atoms with Gasteiger partial charge in [0, 0.05) is 17.7 Å². The molecule has 3 N–H and O–H groups in total. The molecule has 1 amide bonds. The Kier molecular flexibility index (Phi) is 7.04. The Balaban J connectivity index is 1.77. The minimum absolute atomic E-state index is 0.0378. The molecule has 0 bridgehead atoms. The molecule has 1 fully saturated rings. The summed E-state index contributed by atoms with van der Waals surface area (Å²) in [5.41, 5.74) is 0.146. The van der Waals surface area contributed by atoms with Crippen LogP contribution in [-0.4, -0.2) is 29.1 Å². The summed E-state index contributed by atoms with van der Waals surface area (Å²) in [5.74, 6) is -4.42. The van der Waals surface area contributed by atoms with Crippen molar-refractivity contribution in [2.24, 2.45) is 4.99 Å².